The summed E-state index contributed by atoms with van der Waals surface area (Å²) in [4.78, 5) is 4.93. The first-order valence-electron chi connectivity index (χ1n) is 7.85. The smallest absolute Gasteiger partial charge is 0.0417 e. The summed E-state index contributed by atoms with van der Waals surface area (Å²) in [5, 5.41) is 3.45. The standard InChI is InChI=1S/C17H29N3/c1-5-16(18-2)15-10-6-7-11-17(15)20-12-8-9-14(20)13-19(3)4/h6-7,10-11,14,16,18H,5,8-9,12-13H2,1-4H3. The van der Waals surface area contributed by atoms with Crippen molar-refractivity contribution in [2.45, 2.75) is 38.3 Å². The molecular weight excluding hydrogens is 246 g/mol. The van der Waals surface area contributed by atoms with Gasteiger partial charge in [-0.3, -0.25) is 0 Å². The van der Waals surface area contributed by atoms with E-state index < -0.39 is 0 Å². The Morgan fingerprint density at radius 1 is 1.35 bits per heavy atom. The molecule has 0 aliphatic carbocycles. The van der Waals surface area contributed by atoms with Gasteiger partial charge in [-0.2, -0.15) is 0 Å². The average Bonchev–Trinajstić information content (AvgIpc) is 2.88. The maximum atomic E-state index is 3.45. The molecule has 1 aromatic carbocycles. The van der Waals surface area contributed by atoms with E-state index in [1.807, 2.05) is 0 Å². The van der Waals surface area contributed by atoms with Crippen LogP contribution in [0.2, 0.25) is 0 Å². The number of hydrogen-bond acceptors (Lipinski definition) is 3. The van der Waals surface area contributed by atoms with Gasteiger partial charge in [-0.15, -0.1) is 0 Å². The van der Waals surface area contributed by atoms with E-state index in [2.05, 4.69) is 67.4 Å². The van der Waals surface area contributed by atoms with Crippen LogP contribution in [0.3, 0.4) is 0 Å². The van der Waals surface area contributed by atoms with Gasteiger partial charge >= 0.3 is 0 Å². The molecule has 1 aliphatic rings. The van der Waals surface area contributed by atoms with Crippen molar-refractivity contribution in [2.75, 3.05) is 39.1 Å². The lowest BCUT2D eigenvalue weighted by Gasteiger charge is -2.32. The Balaban J connectivity index is 2.27. The largest absolute Gasteiger partial charge is 0.367 e. The van der Waals surface area contributed by atoms with Crippen molar-refractivity contribution in [3.63, 3.8) is 0 Å². The van der Waals surface area contributed by atoms with Crippen LogP contribution in [0.25, 0.3) is 0 Å². The Hall–Kier alpha value is -1.06. The molecule has 1 fully saturated rings. The van der Waals surface area contributed by atoms with Crippen LogP contribution >= 0.6 is 0 Å². The SMILES string of the molecule is CCC(NC)c1ccccc1N1CCCC1CN(C)C. The quantitative estimate of drug-likeness (QED) is 0.861. The first-order valence-corrected chi connectivity index (χ1v) is 7.85. The van der Waals surface area contributed by atoms with Gasteiger partial charge in [-0.05, 0) is 52.0 Å². The minimum Gasteiger partial charge on any atom is -0.367 e. The highest BCUT2D eigenvalue weighted by Gasteiger charge is 2.27. The number of nitrogens with one attached hydrogen (secondary N) is 1. The summed E-state index contributed by atoms with van der Waals surface area (Å²) in [6, 6.07) is 10.0. The van der Waals surface area contributed by atoms with Crippen molar-refractivity contribution in [3.8, 4) is 0 Å². The second-order valence-electron chi connectivity index (χ2n) is 6.06. The van der Waals surface area contributed by atoms with E-state index in [-0.39, 0.29) is 0 Å². The molecule has 0 spiro atoms. The zero-order valence-electron chi connectivity index (χ0n) is 13.4. The number of hydrogen-bond donors (Lipinski definition) is 1. The summed E-state index contributed by atoms with van der Waals surface area (Å²) in [6.07, 6.45) is 3.74. The second-order valence-corrected chi connectivity index (χ2v) is 6.06. The first kappa shape index (κ1) is 15.3. The third-order valence-electron chi connectivity index (χ3n) is 4.33. The number of para-hydroxylation sites is 1. The number of anilines is 1. The van der Waals surface area contributed by atoms with Crippen molar-refractivity contribution in [2.24, 2.45) is 0 Å². The number of rotatable bonds is 6. The highest BCUT2D eigenvalue weighted by molar-refractivity contribution is 5.56. The van der Waals surface area contributed by atoms with Crippen LogP contribution in [0.4, 0.5) is 5.69 Å². The summed E-state index contributed by atoms with van der Waals surface area (Å²) in [6.45, 7) is 4.58. The lowest BCUT2D eigenvalue weighted by molar-refractivity contribution is 0.371. The second kappa shape index (κ2) is 7.09. The zero-order valence-corrected chi connectivity index (χ0v) is 13.4. The molecular formula is C17H29N3. The molecule has 3 nitrogen and oxygen atoms in total. The summed E-state index contributed by atoms with van der Waals surface area (Å²) < 4.78 is 0. The van der Waals surface area contributed by atoms with E-state index in [0.717, 1.165) is 13.0 Å². The molecule has 20 heavy (non-hydrogen) atoms. The normalized spacial score (nSPS) is 20.6. The number of benzene rings is 1. The summed E-state index contributed by atoms with van der Waals surface area (Å²) in [5.41, 5.74) is 2.88. The van der Waals surface area contributed by atoms with E-state index in [1.54, 1.807) is 0 Å². The van der Waals surface area contributed by atoms with Crippen LogP contribution in [0.5, 0.6) is 0 Å². The molecule has 1 heterocycles. The molecule has 1 N–H and O–H groups in total. The van der Waals surface area contributed by atoms with Gasteiger partial charge in [-0.25, -0.2) is 0 Å². The first-order chi connectivity index (χ1) is 9.67. The summed E-state index contributed by atoms with van der Waals surface area (Å²) in [7, 11) is 6.40. The van der Waals surface area contributed by atoms with Crippen LogP contribution in [-0.4, -0.2) is 45.2 Å². The molecule has 0 radical (unpaired) electrons. The molecule has 2 rings (SSSR count). The van der Waals surface area contributed by atoms with Crippen molar-refractivity contribution in [1.82, 2.24) is 10.2 Å². The zero-order chi connectivity index (χ0) is 14.5. The van der Waals surface area contributed by atoms with Crippen molar-refractivity contribution in [3.05, 3.63) is 29.8 Å². The van der Waals surface area contributed by atoms with E-state index in [0.29, 0.717) is 12.1 Å². The van der Waals surface area contributed by atoms with Crippen LogP contribution in [0.15, 0.2) is 24.3 Å². The van der Waals surface area contributed by atoms with E-state index in [1.165, 1.54) is 30.6 Å². The number of nitrogens with zero attached hydrogens (tertiary/aromatic N) is 2. The van der Waals surface area contributed by atoms with Gasteiger partial charge in [0.05, 0.1) is 0 Å². The van der Waals surface area contributed by atoms with E-state index >= 15 is 0 Å². The van der Waals surface area contributed by atoms with Gasteiger partial charge in [0.25, 0.3) is 0 Å². The van der Waals surface area contributed by atoms with Gasteiger partial charge in [0.1, 0.15) is 0 Å². The molecule has 112 valence electrons. The molecule has 1 aromatic rings. The Morgan fingerprint density at radius 2 is 2.10 bits per heavy atom. The minimum absolute atomic E-state index is 0.451. The van der Waals surface area contributed by atoms with Crippen LogP contribution in [0.1, 0.15) is 37.8 Å². The van der Waals surface area contributed by atoms with Crippen LogP contribution in [-0.2, 0) is 0 Å². The fraction of sp³-hybridized carbons (Fsp3) is 0.647. The molecule has 3 heteroatoms. The molecule has 1 saturated heterocycles. The Bertz CT molecular complexity index is 412. The van der Waals surface area contributed by atoms with Crippen molar-refractivity contribution < 1.29 is 0 Å². The van der Waals surface area contributed by atoms with Crippen molar-refractivity contribution in [1.29, 1.82) is 0 Å². The molecule has 0 amide bonds. The van der Waals surface area contributed by atoms with Gasteiger partial charge in [0.15, 0.2) is 0 Å². The van der Waals surface area contributed by atoms with E-state index in [4.69, 9.17) is 0 Å². The lowest BCUT2D eigenvalue weighted by Crippen LogP contribution is -2.38. The third-order valence-corrected chi connectivity index (χ3v) is 4.33. The molecule has 2 atom stereocenters. The summed E-state index contributed by atoms with van der Waals surface area (Å²) in [5.74, 6) is 0. The molecule has 2 unspecified atom stereocenters. The monoisotopic (exact) mass is 275 g/mol. The summed E-state index contributed by atoms with van der Waals surface area (Å²) >= 11 is 0. The topological polar surface area (TPSA) is 18.5 Å². The lowest BCUT2D eigenvalue weighted by atomic mass is 10.0. The molecule has 0 saturated carbocycles. The predicted molar refractivity (Wildman–Crippen MR) is 87.5 cm³/mol. The Labute approximate surface area is 124 Å². The number of likely N-dealkylation sites (N-methyl/N-ethyl adjacent to an activating group) is 1. The van der Waals surface area contributed by atoms with Crippen LogP contribution < -0.4 is 10.2 Å². The Kier molecular flexibility index (Phi) is 5.44. The fourth-order valence-electron chi connectivity index (χ4n) is 3.39. The van der Waals surface area contributed by atoms with Gasteiger partial charge < -0.3 is 15.1 Å². The van der Waals surface area contributed by atoms with Gasteiger partial charge in [0.2, 0.25) is 0 Å². The molecule has 1 aliphatic heterocycles. The fourth-order valence-corrected chi connectivity index (χ4v) is 3.39. The maximum absolute atomic E-state index is 3.45. The predicted octanol–water partition coefficient (Wildman–Crippen LogP) is 2.89. The van der Waals surface area contributed by atoms with Crippen LogP contribution in [0, 0.1) is 0 Å². The molecule has 0 bridgehead atoms. The highest BCUT2D eigenvalue weighted by atomic mass is 15.2. The maximum Gasteiger partial charge on any atom is 0.0417 e. The minimum atomic E-state index is 0.451. The van der Waals surface area contributed by atoms with Crippen molar-refractivity contribution >= 4 is 5.69 Å². The average molecular weight is 275 g/mol. The van der Waals surface area contributed by atoms with Gasteiger partial charge in [0, 0.05) is 30.9 Å². The van der Waals surface area contributed by atoms with Gasteiger partial charge in [-0.1, -0.05) is 25.1 Å². The highest BCUT2D eigenvalue weighted by Crippen LogP contribution is 2.33. The van der Waals surface area contributed by atoms with E-state index in [9.17, 15) is 0 Å². The Morgan fingerprint density at radius 3 is 2.75 bits per heavy atom. The molecule has 0 aromatic heterocycles. The third kappa shape index (κ3) is 3.33.